The summed E-state index contributed by atoms with van der Waals surface area (Å²) < 4.78 is 16.0. The number of rotatable bonds is 6. The Bertz CT molecular complexity index is 534. The molecule has 0 saturated carbocycles. The third kappa shape index (κ3) is 3.01. The number of halogens is 1. The van der Waals surface area contributed by atoms with Crippen molar-refractivity contribution in [2.45, 2.75) is 33.2 Å². The maximum absolute atomic E-state index is 14.2. The first-order chi connectivity index (χ1) is 9.27. The van der Waals surface area contributed by atoms with Crippen LogP contribution in [0, 0.1) is 5.82 Å². The molecule has 4 heteroatoms. The number of hydrogen-bond acceptors (Lipinski definition) is 2. The number of aromatic nitrogens is 2. The molecular weight excluding hydrogens is 241 g/mol. The fourth-order valence-electron chi connectivity index (χ4n) is 2.17. The van der Waals surface area contributed by atoms with Gasteiger partial charge in [-0.3, -0.25) is 0 Å². The molecule has 0 aliphatic rings. The average Bonchev–Trinajstić information content (AvgIpc) is 2.87. The maximum atomic E-state index is 14.2. The molecule has 0 saturated heterocycles. The van der Waals surface area contributed by atoms with Gasteiger partial charge in [-0.15, -0.1) is 0 Å². The molecule has 0 aliphatic heterocycles. The van der Waals surface area contributed by atoms with Crippen LogP contribution in [-0.4, -0.2) is 16.1 Å². The van der Waals surface area contributed by atoms with Crippen molar-refractivity contribution in [1.82, 2.24) is 14.9 Å². The summed E-state index contributed by atoms with van der Waals surface area (Å²) in [4.78, 5) is 4.27. The molecule has 0 aliphatic carbocycles. The molecule has 0 fully saturated rings. The monoisotopic (exact) mass is 261 g/mol. The van der Waals surface area contributed by atoms with E-state index in [1.165, 1.54) is 6.07 Å². The molecule has 2 aromatic rings. The highest BCUT2D eigenvalue weighted by Gasteiger charge is 2.12. The van der Waals surface area contributed by atoms with Gasteiger partial charge in [0.25, 0.3) is 0 Å². The molecule has 2 rings (SSSR count). The molecule has 1 N–H and O–H groups in total. The molecule has 0 unspecified atom stereocenters. The molecule has 0 bridgehead atoms. The highest BCUT2D eigenvalue weighted by Crippen LogP contribution is 2.20. The number of nitrogens with zero attached hydrogens (tertiary/aromatic N) is 2. The van der Waals surface area contributed by atoms with E-state index in [-0.39, 0.29) is 5.82 Å². The lowest BCUT2D eigenvalue weighted by Crippen LogP contribution is -2.16. The van der Waals surface area contributed by atoms with Gasteiger partial charge in [-0.1, -0.05) is 26.0 Å². The fraction of sp³-hybridized carbons (Fsp3) is 0.400. The fourth-order valence-corrected chi connectivity index (χ4v) is 2.17. The highest BCUT2D eigenvalue weighted by atomic mass is 19.1. The summed E-state index contributed by atoms with van der Waals surface area (Å²) in [5, 5.41) is 3.32. The van der Waals surface area contributed by atoms with Crippen molar-refractivity contribution in [3.8, 4) is 5.69 Å². The van der Waals surface area contributed by atoms with E-state index in [2.05, 4.69) is 17.2 Å². The number of para-hydroxylation sites is 1. The van der Waals surface area contributed by atoms with Gasteiger partial charge in [0.1, 0.15) is 11.6 Å². The van der Waals surface area contributed by atoms with Gasteiger partial charge in [0.05, 0.1) is 5.69 Å². The molecule has 1 heterocycles. The van der Waals surface area contributed by atoms with E-state index in [9.17, 15) is 4.39 Å². The van der Waals surface area contributed by atoms with E-state index < -0.39 is 0 Å². The third-order valence-corrected chi connectivity index (χ3v) is 3.09. The van der Waals surface area contributed by atoms with E-state index in [1.54, 1.807) is 12.3 Å². The summed E-state index contributed by atoms with van der Waals surface area (Å²) in [6, 6.07) is 5.21. The largest absolute Gasteiger partial charge is 0.313 e. The Kier molecular flexibility index (Phi) is 4.68. The Morgan fingerprint density at radius 2 is 2.16 bits per heavy atom. The summed E-state index contributed by atoms with van der Waals surface area (Å²) in [6.07, 6.45) is 5.38. The third-order valence-electron chi connectivity index (χ3n) is 3.09. The molecule has 0 atom stereocenters. The number of hydrogen-bond donors (Lipinski definition) is 1. The van der Waals surface area contributed by atoms with Crippen LogP contribution in [0.25, 0.3) is 5.69 Å². The van der Waals surface area contributed by atoms with Crippen LogP contribution < -0.4 is 5.32 Å². The SMILES string of the molecule is CCCNCc1cccc(F)c1-n1ccnc1CC. The van der Waals surface area contributed by atoms with Gasteiger partial charge in [0.15, 0.2) is 0 Å². The van der Waals surface area contributed by atoms with Crippen LogP contribution in [0.4, 0.5) is 4.39 Å². The molecule has 102 valence electrons. The van der Waals surface area contributed by atoms with Crippen molar-refractivity contribution in [2.24, 2.45) is 0 Å². The van der Waals surface area contributed by atoms with Gasteiger partial charge in [-0.05, 0) is 24.6 Å². The molecule has 19 heavy (non-hydrogen) atoms. The normalized spacial score (nSPS) is 10.9. The smallest absolute Gasteiger partial charge is 0.147 e. The second kappa shape index (κ2) is 6.48. The van der Waals surface area contributed by atoms with Gasteiger partial charge in [-0.2, -0.15) is 0 Å². The Morgan fingerprint density at radius 1 is 1.32 bits per heavy atom. The van der Waals surface area contributed by atoms with Gasteiger partial charge in [0, 0.05) is 25.4 Å². The first kappa shape index (κ1) is 13.7. The van der Waals surface area contributed by atoms with Crippen LogP contribution in [-0.2, 0) is 13.0 Å². The van der Waals surface area contributed by atoms with E-state index >= 15 is 0 Å². The summed E-state index contributed by atoms with van der Waals surface area (Å²) >= 11 is 0. The Hall–Kier alpha value is -1.68. The minimum Gasteiger partial charge on any atom is -0.313 e. The van der Waals surface area contributed by atoms with Crippen LogP contribution in [0.3, 0.4) is 0 Å². The Labute approximate surface area is 113 Å². The molecule has 1 aromatic carbocycles. The highest BCUT2D eigenvalue weighted by molar-refractivity contribution is 5.43. The van der Waals surface area contributed by atoms with E-state index in [1.807, 2.05) is 23.8 Å². The first-order valence-electron chi connectivity index (χ1n) is 6.78. The lowest BCUT2D eigenvalue weighted by atomic mass is 10.1. The van der Waals surface area contributed by atoms with Gasteiger partial charge in [-0.25, -0.2) is 9.37 Å². The van der Waals surface area contributed by atoms with Crippen molar-refractivity contribution in [3.63, 3.8) is 0 Å². The Balaban J connectivity index is 2.37. The quantitative estimate of drug-likeness (QED) is 0.810. The number of aryl methyl sites for hydroxylation is 1. The summed E-state index contributed by atoms with van der Waals surface area (Å²) in [5.41, 5.74) is 1.57. The molecular formula is C15H20FN3. The predicted octanol–water partition coefficient (Wildman–Crippen LogP) is 3.07. The molecule has 1 aromatic heterocycles. The van der Waals surface area contributed by atoms with Crippen molar-refractivity contribution in [1.29, 1.82) is 0 Å². The van der Waals surface area contributed by atoms with Gasteiger partial charge >= 0.3 is 0 Å². The van der Waals surface area contributed by atoms with E-state index in [4.69, 9.17) is 0 Å². The van der Waals surface area contributed by atoms with E-state index in [0.717, 1.165) is 30.8 Å². The zero-order valence-electron chi connectivity index (χ0n) is 11.5. The number of imidazole rings is 1. The second-order valence-electron chi connectivity index (χ2n) is 4.49. The topological polar surface area (TPSA) is 29.9 Å². The predicted molar refractivity (Wildman–Crippen MR) is 74.9 cm³/mol. The van der Waals surface area contributed by atoms with Crippen molar-refractivity contribution in [3.05, 3.63) is 47.8 Å². The summed E-state index contributed by atoms with van der Waals surface area (Å²) in [7, 11) is 0. The minimum absolute atomic E-state index is 0.205. The van der Waals surface area contributed by atoms with Crippen molar-refractivity contribution >= 4 is 0 Å². The minimum atomic E-state index is -0.205. The lowest BCUT2D eigenvalue weighted by molar-refractivity contribution is 0.605. The van der Waals surface area contributed by atoms with Crippen LogP contribution in [0.5, 0.6) is 0 Å². The second-order valence-corrected chi connectivity index (χ2v) is 4.49. The molecule has 0 radical (unpaired) electrons. The zero-order chi connectivity index (χ0) is 13.7. The van der Waals surface area contributed by atoms with Crippen molar-refractivity contribution in [2.75, 3.05) is 6.54 Å². The van der Waals surface area contributed by atoms with Gasteiger partial charge in [0.2, 0.25) is 0 Å². The zero-order valence-corrected chi connectivity index (χ0v) is 11.5. The van der Waals surface area contributed by atoms with Gasteiger partial charge < -0.3 is 9.88 Å². The van der Waals surface area contributed by atoms with Crippen LogP contribution in [0.15, 0.2) is 30.6 Å². The summed E-state index contributed by atoms with van der Waals surface area (Å²) in [5.74, 6) is 0.672. The lowest BCUT2D eigenvalue weighted by Gasteiger charge is -2.14. The maximum Gasteiger partial charge on any atom is 0.147 e. The molecule has 0 spiro atoms. The number of benzene rings is 1. The molecule has 3 nitrogen and oxygen atoms in total. The molecule has 0 amide bonds. The first-order valence-corrected chi connectivity index (χ1v) is 6.78. The van der Waals surface area contributed by atoms with E-state index in [0.29, 0.717) is 12.2 Å². The van der Waals surface area contributed by atoms with Crippen LogP contribution in [0.2, 0.25) is 0 Å². The van der Waals surface area contributed by atoms with Crippen LogP contribution >= 0.6 is 0 Å². The average molecular weight is 261 g/mol. The Morgan fingerprint density at radius 3 is 2.89 bits per heavy atom. The van der Waals surface area contributed by atoms with Crippen LogP contribution in [0.1, 0.15) is 31.7 Å². The number of nitrogens with one attached hydrogen (secondary N) is 1. The standard InChI is InChI=1S/C15H20FN3/c1-3-8-17-11-12-6-5-7-13(16)15(12)19-10-9-18-14(19)4-2/h5-7,9-10,17H,3-4,8,11H2,1-2H3. The summed E-state index contributed by atoms with van der Waals surface area (Å²) in [6.45, 7) is 5.74. The van der Waals surface area contributed by atoms with Crippen molar-refractivity contribution < 1.29 is 4.39 Å².